The Morgan fingerprint density at radius 3 is 2.67 bits per heavy atom. The number of methoxy groups -OCH3 is 2. The SMILES string of the molecule is COC(=O)c1cc(OC)c([N+](=O)[O-])cn1. The van der Waals surface area contributed by atoms with E-state index in [0.717, 1.165) is 12.3 Å². The van der Waals surface area contributed by atoms with Gasteiger partial charge in [-0.05, 0) is 0 Å². The van der Waals surface area contributed by atoms with Gasteiger partial charge in [0, 0.05) is 6.07 Å². The summed E-state index contributed by atoms with van der Waals surface area (Å²) < 4.78 is 9.16. The van der Waals surface area contributed by atoms with Crippen LogP contribution >= 0.6 is 0 Å². The van der Waals surface area contributed by atoms with Gasteiger partial charge in [-0.15, -0.1) is 0 Å². The molecule has 7 nitrogen and oxygen atoms in total. The highest BCUT2D eigenvalue weighted by Crippen LogP contribution is 2.25. The van der Waals surface area contributed by atoms with Crippen LogP contribution in [0.5, 0.6) is 5.75 Å². The fourth-order valence-electron chi connectivity index (χ4n) is 0.946. The smallest absolute Gasteiger partial charge is 0.356 e. The van der Waals surface area contributed by atoms with Crippen LogP contribution in [-0.4, -0.2) is 30.1 Å². The molecule has 0 aliphatic carbocycles. The number of ether oxygens (including phenoxy) is 2. The third-order valence-corrected chi connectivity index (χ3v) is 1.66. The summed E-state index contributed by atoms with van der Waals surface area (Å²) in [4.78, 5) is 24.5. The van der Waals surface area contributed by atoms with Crippen LogP contribution in [0.25, 0.3) is 0 Å². The second-order valence-corrected chi connectivity index (χ2v) is 2.49. The summed E-state index contributed by atoms with van der Waals surface area (Å²) >= 11 is 0. The fourth-order valence-corrected chi connectivity index (χ4v) is 0.946. The lowest BCUT2D eigenvalue weighted by atomic mass is 10.3. The maximum atomic E-state index is 11.1. The first-order chi connectivity index (χ1) is 7.10. The molecule has 1 aromatic rings. The number of nitro groups is 1. The molecule has 0 radical (unpaired) electrons. The zero-order valence-electron chi connectivity index (χ0n) is 8.09. The van der Waals surface area contributed by atoms with E-state index >= 15 is 0 Å². The zero-order valence-corrected chi connectivity index (χ0v) is 8.09. The average Bonchev–Trinajstić information content (AvgIpc) is 2.26. The average molecular weight is 212 g/mol. The van der Waals surface area contributed by atoms with E-state index in [4.69, 9.17) is 4.74 Å². The minimum Gasteiger partial charge on any atom is -0.490 e. The monoisotopic (exact) mass is 212 g/mol. The van der Waals surface area contributed by atoms with E-state index in [-0.39, 0.29) is 17.1 Å². The van der Waals surface area contributed by atoms with Crippen molar-refractivity contribution >= 4 is 11.7 Å². The highest BCUT2D eigenvalue weighted by Gasteiger charge is 2.18. The molecule has 0 aromatic carbocycles. The predicted molar refractivity (Wildman–Crippen MR) is 48.8 cm³/mol. The first-order valence-electron chi connectivity index (χ1n) is 3.87. The molecule has 0 aliphatic heterocycles. The van der Waals surface area contributed by atoms with Crippen molar-refractivity contribution in [3.8, 4) is 5.75 Å². The van der Waals surface area contributed by atoms with E-state index in [1.807, 2.05) is 0 Å². The van der Waals surface area contributed by atoms with Crippen LogP contribution in [0.3, 0.4) is 0 Å². The van der Waals surface area contributed by atoms with Crippen molar-refractivity contribution in [2.45, 2.75) is 0 Å². The van der Waals surface area contributed by atoms with Gasteiger partial charge in [-0.1, -0.05) is 0 Å². The summed E-state index contributed by atoms with van der Waals surface area (Å²) in [7, 11) is 2.46. The molecule has 0 spiro atoms. The van der Waals surface area contributed by atoms with Gasteiger partial charge in [0.25, 0.3) is 0 Å². The van der Waals surface area contributed by atoms with Gasteiger partial charge < -0.3 is 9.47 Å². The fraction of sp³-hybridized carbons (Fsp3) is 0.250. The molecule has 0 saturated heterocycles. The van der Waals surface area contributed by atoms with Crippen LogP contribution in [0.15, 0.2) is 12.3 Å². The Morgan fingerprint density at radius 1 is 1.53 bits per heavy atom. The van der Waals surface area contributed by atoms with Crippen LogP contribution < -0.4 is 4.74 Å². The normalized spacial score (nSPS) is 9.47. The zero-order chi connectivity index (χ0) is 11.4. The second kappa shape index (κ2) is 4.36. The van der Waals surface area contributed by atoms with Crippen molar-refractivity contribution in [1.29, 1.82) is 0 Å². The molecule has 0 fully saturated rings. The summed E-state index contributed by atoms with van der Waals surface area (Å²) in [5.41, 5.74) is -0.342. The lowest BCUT2D eigenvalue weighted by Crippen LogP contribution is -2.05. The van der Waals surface area contributed by atoms with Crippen LogP contribution in [0.1, 0.15) is 10.5 Å². The van der Waals surface area contributed by atoms with Gasteiger partial charge in [0.15, 0.2) is 5.69 Å². The van der Waals surface area contributed by atoms with Crippen LogP contribution in [0.4, 0.5) is 5.69 Å². The van der Waals surface area contributed by atoms with E-state index in [1.54, 1.807) is 0 Å². The molecule has 0 unspecified atom stereocenters. The Bertz CT molecular complexity index is 404. The number of esters is 1. The predicted octanol–water partition coefficient (Wildman–Crippen LogP) is 0.785. The first kappa shape index (κ1) is 10.9. The van der Waals surface area contributed by atoms with Gasteiger partial charge in [-0.3, -0.25) is 10.1 Å². The molecule has 1 heterocycles. The summed E-state index contributed by atoms with van der Waals surface area (Å²) in [6, 6.07) is 1.16. The molecule has 80 valence electrons. The summed E-state index contributed by atoms with van der Waals surface area (Å²) in [5.74, 6) is -0.710. The number of nitrogens with zero attached hydrogens (tertiary/aromatic N) is 2. The summed E-state index contributed by atoms with van der Waals surface area (Å²) in [5, 5.41) is 10.5. The van der Waals surface area contributed by atoms with Crippen LogP contribution in [0.2, 0.25) is 0 Å². The van der Waals surface area contributed by atoms with E-state index in [2.05, 4.69) is 9.72 Å². The minimum atomic E-state index is -0.678. The lowest BCUT2D eigenvalue weighted by Gasteiger charge is -2.02. The number of hydrogen-bond donors (Lipinski definition) is 0. The van der Waals surface area contributed by atoms with Gasteiger partial charge in [0.1, 0.15) is 6.20 Å². The Balaban J connectivity index is 3.19. The Hall–Kier alpha value is -2.18. The number of hydrogen-bond acceptors (Lipinski definition) is 6. The van der Waals surface area contributed by atoms with Crippen molar-refractivity contribution in [2.24, 2.45) is 0 Å². The van der Waals surface area contributed by atoms with Gasteiger partial charge in [0.2, 0.25) is 5.75 Å². The molecule has 0 bridgehead atoms. The van der Waals surface area contributed by atoms with Gasteiger partial charge >= 0.3 is 11.7 Å². The van der Waals surface area contributed by atoms with Crippen molar-refractivity contribution in [3.05, 3.63) is 28.1 Å². The molecule has 0 atom stereocenters. The van der Waals surface area contributed by atoms with E-state index in [9.17, 15) is 14.9 Å². The second-order valence-electron chi connectivity index (χ2n) is 2.49. The standard InChI is InChI=1S/C8H8N2O5/c1-14-7-3-5(8(11)15-2)9-4-6(7)10(12)13/h3-4H,1-2H3. The number of rotatable bonds is 3. The highest BCUT2D eigenvalue weighted by atomic mass is 16.6. The number of pyridine rings is 1. The molecular formula is C8H8N2O5. The van der Waals surface area contributed by atoms with Gasteiger partial charge in [-0.2, -0.15) is 0 Å². The Kier molecular flexibility index (Phi) is 3.17. The molecule has 7 heteroatoms. The van der Waals surface area contributed by atoms with Crippen molar-refractivity contribution in [3.63, 3.8) is 0 Å². The maximum absolute atomic E-state index is 11.1. The molecule has 1 rings (SSSR count). The van der Waals surface area contributed by atoms with Crippen LogP contribution in [-0.2, 0) is 4.74 Å². The minimum absolute atomic E-state index is 0.0320. The first-order valence-corrected chi connectivity index (χ1v) is 3.87. The molecule has 0 saturated carbocycles. The van der Waals surface area contributed by atoms with E-state index < -0.39 is 10.9 Å². The summed E-state index contributed by atoms with van der Waals surface area (Å²) in [6.45, 7) is 0. The summed E-state index contributed by atoms with van der Waals surface area (Å²) in [6.07, 6.45) is 0.949. The Morgan fingerprint density at radius 2 is 2.20 bits per heavy atom. The van der Waals surface area contributed by atoms with Crippen molar-refractivity contribution < 1.29 is 19.2 Å². The van der Waals surface area contributed by atoms with Gasteiger partial charge in [-0.25, -0.2) is 9.78 Å². The third-order valence-electron chi connectivity index (χ3n) is 1.66. The molecule has 0 aliphatic rings. The molecule has 15 heavy (non-hydrogen) atoms. The molecular weight excluding hydrogens is 204 g/mol. The lowest BCUT2D eigenvalue weighted by molar-refractivity contribution is -0.386. The third kappa shape index (κ3) is 2.19. The Labute approximate surface area is 84.8 Å². The largest absolute Gasteiger partial charge is 0.490 e. The quantitative estimate of drug-likeness (QED) is 0.417. The molecule has 1 aromatic heterocycles. The number of carbonyl (C=O) groups excluding carboxylic acids is 1. The van der Waals surface area contributed by atoms with E-state index in [0.29, 0.717) is 0 Å². The topological polar surface area (TPSA) is 91.6 Å². The maximum Gasteiger partial charge on any atom is 0.356 e. The molecule has 0 N–H and O–H groups in total. The van der Waals surface area contributed by atoms with E-state index in [1.165, 1.54) is 14.2 Å². The van der Waals surface area contributed by atoms with Gasteiger partial charge in [0.05, 0.1) is 19.1 Å². The van der Waals surface area contributed by atoms with Crippen molar-refractivity contribution in [2.75, 3.05) is 14.2 Å². The van der Waals surface area contributed by atoms with Crippen LogP contribution in [0, 0.1) is 10.1 Å². The highest BCUT2D eigenvalue weighted by molar-refractivity contribution is 5.87. The molecule has 0 amide bonds. The number of aromatic nitrogens is 1. The number of carbonyl (C=O) groups is 1. The van der Waals surface area contributed by atoms with Crippen molar-refractivity contribution in [1.82, 2.24) is 4.98 Å².